The highest BCUT2D eigenvalue weighted by atomic mass is 16.6. The Hall–Kier alpha value is -1.84. The van der Waals surface area contributed by atoms with Gasteiger partial charge in [-0.2, -0.15) is 0 Å². The molecular weight excluding hydrogens is 304 g/mol. The zero-order chi connectivity index (χ0) is 18.0. The molecule has 4 heteroatoms. The fourth-order valence-electron chi connectivity index (χ4n) is 2.67. The van der Waals surface area contributed by atoms with Gasteiger partial charge in [0.15, 0.2) is 5.41 Å². The van der Waals surface area contributed by atoms with Gasteiger partial charge >= 0.3 is 11.9 Å². The van der Waals surface area contributed by atoms with Gasteiger partial charge in [-0.05, 0) is 24.3 Å². The third-order valence-corrected chi connectivity index (χ3v) is 4.20. The van der Waals surface area contributed by atoms with Crippen LogP contribution in [0.2, 0.25) is 0 Å². The molecule has 0 aliphatic heterocycles. The summed E-state index contributed by atoms with van der Waals surface area (Å²) in [5.74, 6) is -1.31. The molecular formula is C20H30O4. The van der Waals surface area contributed by atoms with Crippen molar-refractivity contribution in [3.05, 3.63) is 35.9 Å². The molecule has 0 aliphatic rings. The number of unbranched alkanes of at least 4 members (excludes halogenated alkanes) is 2. The summed E-state index contributed by atoms with van der Waals surface area (Å²) in [6, 6.07) is 9.10. The average Bonchev–Trinajstić information content (AvgIpc) is 2.56. The highest BCUT2D eigenvalue weighted by Crippen LogP contribution is 2.35. The quantitative estimate of drug-likeness (QED) is 0.364. The van der Waals surface area contributed by atoms with Crippen LogP contribution in [0.4, 0.5) is 0 Å². The lowest BCUT2D eigenvalue weighted by Crippen LogP contribution is -2.50. The van der Waals surface area contributed by atoms with Crippen molar-refractivity contribution in [2.24, 2.45) is 5.92 Å². The first kappa shape index (κ1) is 20.2. The number of carbonyl (C=O) groups is 2. The molecule has 1 aromatic carbocycles. The monoisotopic (exact) mass is 334 g/mol. The van der Waals surface area contributed by atoms with E-state index in [9.17, 15) is 9.59 Å². The molecule has 0 atom stereocenters. The van der Waals surface area contributed by atoms with Crippen LogP contribution >= 0.6 is 0 Å². The van der Waals surface area contributed by atoms with Gasteiger partial charge in [0, 0.05) is 0 Å². The molecule has 0 unspecified atom stereocenters. The van der Waals surface area contributed by atoms with Gasteiger partial charge in [0.2, 0.25) is 0 Å². The predicted octanol–water partition coefficient (Wildman–Crippen LogP) is 4.27. The molecule has 134 valence electrons. The van der Waals surface area contributed by atoms with Crippen LogP contribution in [0, 0.1) is 5.92 Å². The number of rotatable bonds is 10. The van der Waals surface area contributed by atoms with E-state index in [1.54, 1.807) is 12.1 Å². The van der Waals surface area contributed by atoms with Gasteiger partial charge in [-0.15, -0.1) is 0 Å². The molecule has 0 aliphatic carbocycles. The Morgan fingerprint density at radius 3 is 1.75 bits per heavy atom. The van der Waals surface area contributed by atoms with Crippen LogP contribution in [-0.4, -0.2) is 25.2 Å². The van der Waals surface area contributed by atoms with Crippen LogP contribution in [0.5, 0.6) is 0 Å². The topological polar surface area (TPSA) is 52.6 Å². The SMILES string of the molecule is CCCCOC(=O)C(C(=O)OCCCC)(c1ccccc1)C(C)C. The van der Waals surface area contributed by atoms with Crippen LogP contribution in [0.3, 0.4) is 0 Å². The lowest BCUT2D eigenvalue weighted by molar-refractivity contribution is -0.168. The second-order valence-electron chi connectivity index (χ2n) is 6.31. The maximum absolute atomic E-state index is 12.9. The zero-order valence-corrected chi connectivity index (χ0v) is 15.3. The Labute approximate surface area is 145 Å². The van der Waals surface area contributed by atoms with Crippen molar-refractivity contribution in [1.82, 2.24) is 0 Å². The first-order valence-corrected chi connectivity index (χ1v) is 8.91. The van der Waals surface area contributed by atoms with E-state index in [-0.39, 0.29) is 5.92 Å². The second kappa shape index (κ2) is 10.1. The standard InChI is InChI=1S/C20H30O4/c1-5-7-14-23-18(21)20(16(3)4,17-12-10-9-11-13-17)19(22)24-15-8-6-2/h9-13,16H,5-8,14-15H2,1-4H3. The van der Waals surface area contributed by atoms with Crippen molar-refractivity contribution < 1.29 is 19.1 Å². The molecule has 1 aromatic rings. The van der Waals surface area contributed by atoms with Gasteiger partial charge < -0.3 is 9.47 Å². The van der Waals surface area contributed by atoms with E-state index in [0.29, 0.717) is 18.8 Å². The number of hydrogen-bond acceptors (Lipinski definition) is 4. The van der Waals surface area contributed by atoms with Crippen LogP contribution in [0.15, 0.2) is 30.3 Å². The number of carbonyl (C=O) groups excluding carboxylic acids is 2. The van der Waals surface area contributed by atoms with E-state index in [1.807, 2.05) is 45.9 Å². The molecule has 0 fully saturated rings. The molecule has 0 heterocycles. The van der Waals surface area contributed by atoms with Gasteiger partial charge in [0.25, 0.3) is 0 Å². The fourth-order valence-corrected chi connectivity index (χ4v) is 2.67. The molecule has 0 saturated heterocycles. The highest BCUT2D eigenvalue weighted by molar-refractivity contribution is 6.06. The van der Waals surface area contributed by atoms with E-state index in [1.165, 1.54) is 0 Å². The minimum Gasteiger partial charge on any atom is -0.465 e. The lowest BCUT2D eigenvalue weighted by atomic mass is 9.71. The van der Waals surface area contributed by atoms with Crippen LogP contribution in [0.25, 0.3) is 0 Å². The van der Waals surface area contributed by atoms with Gasteiger partial charge in [-0.25, -0.2) is 0 Å². The summed E-state index contributed by atoms with van der Waals surface area (Å²) in [7, 11) is 0. The molecule has 0 aromatic heterocycles. The molecule has 1 rings (SSSR count). The first-order valence-electron chi connectivity index (χ1n) is 8.91. The summed E-state index contributed by atoms with van der Waals surface area (Å²) in [5.41, 5.74) is -0.786. The number of benzene rings is 1. The molecule has 0 saturated carbocycles. The Kier molecular flexibility index (Phi) is 8.51. The third kappa shape index (κ3) is 4.59. The second-order valence-corrected chi connectivity index (χ2v) is 6.31. The van der Waals surface area contributed by atoms with E-state index in [0.717, 1.165) is 25.7 Å². The van der Waals surface area contributed by atoms with Crippen molar-refractivity contribution in [3.8, 4) is 0 Å². The van der Waals surface area contributed by atoms with E-state index in [2.05, 4.69) is 0 Å². The number of ether oxygens (including phenoxy) is 2. The Balaban J connectivity index is 3.20. The molecule has 4 nitrogen and oxygen atoms in total. The number of hydrogen-bond donors (Lipinski definition) is 0. The summed E-state index contributed by atoms with van der Waals surface area (Å²) in [6.07, 6.45) is 3.40. The summed E-state index contributed by atoms with van der Waals surface area (Å²) in [4.78, 5) is 25.9. The summed E-state index contributed by atoms with van der Waals surface area (Å²) >= 11 is 0. The summed E-state index contributed by atoms with van der Waals surface area (Å²) in [5, 5.41) is 0. The minimum atomic E-state index is -1.41. The van der Waals surface area contributed by atoms with Crippen LogP contribution in [-0.2, 0) is 24.5 Å². The average molecular weight is 334 g/mol. The predicted molar refractivity (Wildman–Crippen MR) is 94.7 cm³/mol. The van der Waals surface area contributed by atoms with Crippen molar-refractivity contribution in [3.63, 3.8) is 0 Å². The smallest absolute Gasteiger partial charge is 0.328 e. The first-order chi connectivity index (χ1) is 11.5. The normalized spacial score (nSPS) is 11.4. The minimum absolute atomic E-state index is 0.275. The van der Waals surface area contributed by atoms with Crippen molar-refractivity contribution in [1.29, 1.82) is 0 Å². The molecule has 0 spiro atoms. The van der Waals surface area contributed by atoms with Gasteiger partial charge in [-0.1, -0.05) is 70.9 Å². The molecule has 24 heavy (non-hydrogen) atoms. The molecule has 0 bridgehead atoms. The van der Waals surface area contributed by atoms with E-state index in [4.69, 9.17) is 9.47 Å². The van der Waals surface area contributed by atoms with Gasteiger partial charge in [0.05, 0.1) is 13.2 Å². The van der Waals surface area contributed by atoms with E-state index >= 15 is 0 Å². The Bertz CT molecular complexity index is 486. The molecule has 0 radical (unpaired) electrons. The maximum atomic E-state index is 12.9. The van der Waals surface area contributed by atoms with Crippen LogP contribution < -0.4 is 0 Å². The Morgan fingerprint density at radius 2 is 1.38 bits per heavy atom. The number of esters is 2. The zero-order valence-electron chi connectivity index (χ0n) is 15.3. The Morgan fingerprint density at radius 1 is 0.917 bits per heavy atom. The lowest BCUT2D eigenvalue weighted by Gasteiger charge is -2.33. The van der Waals surface area contributed by atoms with Crippen molar-refractivity contribution in [2.75, 3.05) is 13.2 Å². The van der Waals surface area contributed by atoms with Crippen molar-refractivity contribution in [2.45, 2.75) is 58.8 Å². The summed E-state index contributed by atoms with van der Waals surface area (Å²) in [6.45, 7) is 8.40. The summed E-state index contributed by atoms with van der Waals surface area (Å²) < 4.78 is 10.9. The van der Waals surface area contributed by atoms with Crippen molar-refractivity contribution >= 4 is 11.9 Å². The van der Waals surface area contributed by atoms with Gasteiger partial charge in [-0.3, -0.25) is 9.59 Å². The fraction of sp³-hybridized carbons (Fsp3) is 0.600. The molecule has 0 amide bonds. The maximum Gasteiger partial charge on any atom is 0.328 e. The third-order valence-electron chi connectivity index (χ3n) is 4.20. The van der Waals surface area contributed by atoms with Gasteiger partial charge in [0.1, 0.15) is 0 Å². The molecule has 0 N–H and O–H groups in total. The largest absolute Gasteiger partial charge is 0.465 e. The highest BCUT2D eigenvalue weighted by Gasteiger charge is 2.53. The van der Waals surface area contributed by atoms with E-state index < -0.39 is 17.4 Å². The van der Waals surface area contributed by atoms with Crippen LogP contribution in [0.1, 0.15) is 58.9 Å².